The number of benzene rings is 1. The lowest BCUT2D eigenvalue weighted by molar-refractivity contribution is 0.0955. The van der Waals surface area contributed by atoms with Crippen molar-refractivity contribution >= 4 is 11.6 Å². The molecule has 2 aromatic rings. The normalized spacial score (nSPS) is 16.9. The Hall–Kier alpha value is -2.03. The summed E-state index contributed by atoms with van der Waals surface area (Å²) in [5.41, 5.74) is 2.72. The van der Waals surface area contributed by atoms with Crippen LogP contribution in [0.3, 0.4) is 0 Å². The van der Waals surface area contributed by atoms with Gasteiger partial charge in [-0.1, -0.05) is 18.2 Å². The number of hydrogen-bond acceptors (Lipinski definition) is 2. The number of anilines is 1. The maximum absolute atomic E-state index is 12.9. The van der Waals surface area contributed by atoms with Crippen molar-refractivity contribution in [1.29, 1.82) is 0 Å². The molecule has 1 aromatic carbocycles. The molecule has 104 valence electrons. The quantitative estimate of drug-likeness (QED) is 0.785. The minimum Gasteiger partial charge on any atom is -0.469 e. The molecule has 3 rings (SSSR count). The molecule has 0 bridgehead atoms. The molecule has 0 saturated heterocycles. The highest BCUT2D eigenvalue weighted by molar-refractivity contribution is 6.08. The average molecular weight is 269 g/mol. The second kappa shape index (κ2) is 4.51. The predicted molar refractivity (Wildman–Crippen MR) is 79.1 cm³/mol. The molecule has 0 fully saturated rings. The van der Waals surface area contributed by atoms with Gasteiger partial charge in [-0.05, 0) is 51.3 Å². The van der Waals surface area contributed by atoms with E-state index in [4.69, 9.17) is 4.42 Å². The Labute approximate surface area is 119 Å². The predicted octanol–water partition coefficient (Wildman–Crippen LogP) is 3.96. The minimum atomic E-state index is -0.185. The van der Waals surface area contributed by atoms with Gasteiger partial charge in [0, 0.05) is 11.2 Å². The summed E-state index contributed by atoms with van der Waals surface area (Å²) in [4.78, 5) is 14.8. The van der Waals surface area contributed by atoms with Gasteiger partial charge in [0.2, 0.25) is 0 Å². The van der Waals surface area contributed by atoms with Gasteiger partial charge in [0.25, 0.3) is 5.91 Å². The lowest BCUT2D eigenvalue weighted by Gasteiger charge is -2.43. The molecule has 0 radical (unpaired) electrons. The fourth-order valence-electron chi connectivity index (χ4n) is 2.93. The standard InChI is InChI=1S/C17H19NO2/c1-12-14(9-11-20-12)16(19)18-15-7-5-4-6-13(15)8-10-17(18,2)3/h4-7,9,11H,8,10H2,1-3H3. The number of aryl methyl sites for hydroxylation is 2. The Balaban J connectivity index is 2.11. The molecule has 0 atom stereocenters. The zero-order valence-corrected chi connectivity index (χ0v) is 12.1. The first kappa shape index (κ1) is 13.0. The van der Waals surface area contributed by atoms with E-state index in [0.29, 0.717) is 11.3 Å². The monoisotopic (exact) mass is 269 g/mol. The van der Waals surface area contributed by atoms with E-state index < -0.39 is 0 Å². The molecule has 0 N–H and O–H groups in total. The number of amides is 1. The van der Waals surface area contributed by atoms with Gasteiger partial charge in [0.15, 0.2) is 0 Å². The van der Waals surface area contributed by atoms with Crippen LogP contribution in [0.5, 0.6) is 0 Å². The van der Waals surface area contributed by atoms with Gasteiger partial charge in [-0.25, -0.2) is 0 Å². The molecule has 2 heterocycles. The van der Waals surface area contributed by atoms with Gasteiger partial charge in [-0.3, -0.25) is 4.79 Å². The number of fused-ring (bicyclic) bond motifs is 1. The van der Waals surface area contributed by atoms with Crippen LogP contribution in [0, 0.1) is 6.92 Å². The highest BCUT2D eigenvalue weighted by Gasteiger charge is 2.37. The Morgan fingerprint density at radius 1 is 1.25 bits per heavy atom. The maximum Gasteiger partial charge on any atom is 0.262 e. The fourth-order valence-corrected chi connectivity index (χ4v) is 2.93. The molecule has 3 nitrogen and oxygen atoms in total. The molecule has 20 heavy (non-hydrogen) atoms. The average Bonchev–Trinajstić information content (AvgIpc) is 2.83. The summed E-state index contributed by atoms with van der Waals surface area (Å²) in [6, 6.07) is 9.91. The number of carbonyl (C=O) groups excluding carboxylic acids is 1. The lowest BCUT2D eigenvalue weighted by atomic mass is 9.86. The van der Waals surface area contributed by atoms with Crippen LogP contribution in [0.1, 0.15) is 41.9 Å². The van der Waals surface area contributed by atoms with E-state index in [-0.39, 0.29) is 11.4 Å². The third-order valence-electron chi connectivity index (χ3n) is 4.14. The Morgan fingerprint density at radius 3 is 2.70 bits per heavy atom. The van der Waals surface area contributed by atoms with Crippen molar-refractivity contribution in [2.45, 2.75) is 39.2 Å². The topological polar surface area (TPSA) is 33.5 Å². The number of para-hydroxylation sites is 1. The first-order valence-electron chi connectivity index (χ1n) is 6.97. The summed E-state index contributed by atoms with van der Waals surface area (Å²) in [6.07, 6.45) is 3.55. The molecule has 3 heteroatoms. The molecule has 1 amide bonds. The zero-order valence-electron chi connectivity index (χ0n) is 12.1. The molecular formula is C17H19NO2. The number of hydrogen-bond donors (Lipinski definition) is 0. The van der Waals surface area contributed by atoms with E-state index >= 15 is 0 Å². The number of rotatable bonds is 1. The van der Waals surface area contributed by atoms with Crippen molar-refractivity contribution in [2.75, 3.05) is 4.90 Å². The van der Waals surface area contributed by atoms with Crippen molar-refractivity contribution in [1.82, 2.24) is 0 Å². The van der Waals surface area contributed by atoms with E-state index in [0.717, 1.165) is 18.5 Å². The van der Waals surface area contributed by atoms with Crippen LogP contribution in [0.4, 0.5) is 5.69 Å². The highest BCUT2D eigenvalue weighted by Crippen LogP contribution is 2.37. The van der Waals surface area contributed by atoms with E-state index in [1.165, 1.54) is 5.56 Å². The highest BCUT2D eigenvalue weighted by atomic mass is 16.3. The number of furan rings is 1. The third kappa shape index (κ3) is 1.94. The summed E-state index contributed by atoms with van der Waals surface area (Å²) in [6.45, 7) is 6.07. The summed E-state index contributed by atoms with van der Waals surface area (Å²) in [7, 11) is 0. The van der Waals surface area contributed by atoms with Gasteiger partial charge in [-0.2, -0.15) is 0 Å². The summed E-state index contributed by atoms with van der Waals surface area (Å²) in [5, 5.41) is 0. The lowest BCUT2D eigenvalue weighted by Crippen LogP contribution is -2.51. The summed E-state index contributed by atoms with van der Waals surface area (Å²) in [5.74, 6) is 0.697. The van der Waals surface area contributed by atoms with Crippen molar-refractivity contribution < 1.29 is 9.21 Å². The van der Waals surface area contributed by atoms with Crippen molar-refractivity contribution in [2.24, 2.45) is 0 Å². The van der Waals surface area contributed by atoms with Crippen molar-refractivity contribution in [3.63, 3.8) is 0 Å². The van der Waals surface area contributed by atoms with Gasteiger partial charge in [0.1, 0.15) is 5.76 Å². The van der Waals surface area contributed by atoms with Crippen LogP contribution in [-0.4, -0.2) is 11.4 Å². The molecule has 1 aliphatic rings. The molecule has 1 aliphatic heterocycles. The molecule has 0 aliphatic carbocycles. The van der Waals surface area contributed by atoms with Crippen molar-refractivity contribution in [3.8, 4) is 0 Å². The van der Waals surface area contributed by atoms with Crippen LogP contribution in [0.25, 0.3) is 0 Å². The van der Waals surface area contributed by atoms with Crippen LogP contribution in [-0.2, 0) is 6.42 Å². The summed E-state index contributed by atoms with van der Waals surface area (Å²) < 4.78 is 5.29. The fraction of sp³-hybridized carbons (Fsp3) is 0.353. The van der Waals surface area contributed by atoms with Crippen LogP contribution < -0.4 is 4.90 Å². The second-order valence-corrected chi connectivity index (χ2v) is 5.97. The Bertz CT molecular complexity index is 655. The van der Waals surface area contributed by atoms with Crippen molar-refractivity contribution in [3.05, 3.63) is 53.5 Å². The number of nitrogens with zero attached hydrogens (tertiary/aromatic N) is 1. The van der Waals surface area contributed by atoms with E-state index in [1.54, 1.807) is 12.3 Å². The molecule has 0 spiro atoms. The largest absolute Gasteiger partial charge is 0.469 e. The number of carbonyl (C=O) groups is 1. The zero-order chi connectivity index (χ0) is 14.3. The summed E-state index contributed by atoms with van der Waals surface area (Å²) >= 11 is 0. The van der Waals surface area contributed by atoms with Gasteiger partial charge >= 0.3 is 0 Å². The maximum atomic E-state index is 12.9. The van der Waals surface area contributed by atoms with E-state index in [9.17, 15) is 4.79 Å². The van der Waals surface area contributed by atoms with Crippen LogP contribution >= 0.6 is 0 Å². The van der Waals surface area contributed by atoms with Crippen LogP contribution in [0.2, 0.25) is 0 Å². The third-order valence-corrected chi connectivity index (χ3v) is 4.14. The first-order chi connectivity index (χ1) is 9.50. The van der Waals surface area contributed by atoms with Gasteiger partial charge in [0.05, 0.1) is 11.8 Å². The van der Waals surface area contributed by atoms with Gasteiger partial charge in [-0.15, -0.1) is 0 Å². The van der Waals surface area contributed by atoms with E-state index in [1.807, 2.05) is 30.0 Å². The minimum absolute atomic E-state index is 0.0217. The SMILES string of the molecule is Cc1occc1C(=O)N1c2ccccc2CCC1(C)C. The smallest absolute Gasteiger partial charge is 0.262 e. The van der Waals surface area contributed by atoms with Gasteiger partial charge < -0.3 is 9.32 Å². The van der Waals surface area contributed by atoms with Crippen LogP contribution in [0.15, 0.2) is 41.0 Å². The first-order valence-corrected chi connectivity index (χ1v) is 6.97. The Morgan fingerprint density at radius 2 is 2.00 bits per heavy atom. The molecule has 0 saturated carbocycles. The second-order valence-electron chi connectivity index (χ2n) is 5.97. The molecule has 1 aromatic heterocycles. The van der Waals surface area contributed by atoms with E-state index in [2.05, 4.69) is 19.9 Å². The molecular weight excluding hydrogens is 250 g/mol. The molecule has 0 unspecified atom stereocenters. The Kier molecular flexibility index (Phi) is 2.93.